The van der Waals surface area contributed by atoms with Crippen LogP contribution in [0, 0.1) is 0 Å². The summed E-state index contributed by atoms with van der Waals surface area (Å²) in [5.74, 6) is 0.707. The highest BCUT2D eigenvalue weighted by atomic mass is 14.9. The Kier molecular flexibility index (Phi) is 7.19. The molecular weight excluding hydrogens is 641 g/mol. The highest BCUT2D eigenvalue weighted by molar-refractivity contribution is 6.06. The van der Waals surface area contributed by atoms with Crippen molar-refractivity contribution in [3.05, 3.63) is 193 Å². The van der Waals surface area contributed by atoms with Crippen LogP contribution in [0.3, 0.4) is 0 Å². The van der Waals surface area contributed by atoms with E-state index in [1.165, 1.54) is 55.1 Å². The average Bonchev–Trinajstić information content (AvgIpc) is 3.45. The predicted molar refractivity (Wildman–Crippen MR) is 222 cm³/mol. The van der Waals surface area contributed by atoms with E-state index in [1.807, 2.05) is 6.07 Å². The van der Waals surface area contributed by atoms with Gasteiger partial charge in [0, 0.05) is 22.1 Å². The number of benzene rings is 8. The van der Waals surface area contributed by atoms with E-state index >= 15 is 0 Å². The quantitative estimate of drug-likeness (QED) is 0.181. The van der Waals surface area contributed by atoms with Crippen LogP contribution in [0.25, 0.3) is 88.8 Å². The molecule has 0 fully saturated rings. The number of rotatable bonds is 5. The maximum absolute atomic E-state index is 5.28. The minimum absolute atomic E-state index is 0.0240. The Morgan fingerprint density at radius 1 is 0.340 bits per heavy atom. The highest BCUT2D eigenvalue weighted by Gasteiger charge is 2.35. The van der Waals surface area contributed by atoms with Crippen molar-refractivity contribution in [2.24, 2.45) is 0 Å². The van der Waals surface area contributed by atoms with Crippen LogP contribution in [0.1, 0.15) is 25.0 Å². The molecule has 0 aliphatic heterocycles. The topological polar surface area (TPSA) is 25.8 Å². The fourth-order valence-corrected chi connectivity index (χ4v) is 8.50. The molecule has 1 aliphatic carbocycles. The van der Waals surface area contributed by atoms with E-state index in [0.29, 0.717) is 5.82 Å². The summed E-state index contributed by atoms with van der Waals surface area (Å²) in [7, 11) is 0. The number of fused-ring (bicyclic) bond motifs is 5. The second kappa shape index (κ2) is 12.3. The summed E-state index contributed by atoms with van der Waals surface area (Å²) >= 11 is 0. The van der Waals surface area contributed by atoms with Gasteiger partial charge in [-0.15, -0.1) is 0 Å². The van der Waals surface area contributed by atoms with Gasteiger partial charge in [0.1, 0.15) is 0 Å². The minimum atomic E-state index is -0.0240. The zero-order valence-corrected chi connectivity index (χ0v) is 29.7. The zero-order valence-electron chi connectivity index (χ0n) is 29.7. The summed E-state index contributed by atoms with van der Waals surface area (Å²) < 4.78 is 0. The second-order valence-electron chi connectivity index (χ2n) is 14.5. The molecule has 0 saturated heterocycles. The van der Waals surface area contributed by atoms with Gasteiger partial charge in [0.05, 0.1) is 11.4 Å². The van der Waals surface area contributed by atoms with Crippen molar-refractivity contribution in [2.75, 3.05) is 0 Å². The van der Waals surface area contributed by atoms with E-state index < -0.39 is 0 Å². The average molecular weight is 677 g/mol. The van der Waals surface area contributed by atoms with Gasteiger partial charge < -0.3 is 0 Å². The summed E-state index contributed by atoms with van der Waals surface area (Å²) in [4.78, 5) is 10.5. The fourth-order valence-electron chi connectivity index (χ4n) is 8.50. The van der Waals surface area contributed by atoms with E-state index in [1.54, 1.807) is 0 Å². The van der Waals surface area contributed by atoms with Gasteiger partial charge >= 0.3 is 0 Å². The maximum atomic E-state index is 5.28. The molecule has 10 rings (SSSR count). The number of hydrogen-bond donors (Lipinski definition) is 0. The largest absolute Gasteiger partial charge is 0.228 e. The third-order valence-corrected chi connectivity index (χ3v) is 11.1. The molecule has 1 aromatic heterocycles. The number of aromatic nitrogens is 2. The minimum Gasteiger partial charge on any atom is -0.228 e. The molecule has 0 amide bonds. The van der Waals surface area contributed by atoms with Crippen molar-refractivity contribution in [3.8, 4) is 67.3 Å². The van der Waals surface area contributed by atoms with Gasteiger partial charge in [0.2, 0.25) is 0 Å². The van der Waals surface area contributed by atoms with Crippen LogP contribution >= 0.6 is 0 Å². The standard InChI is InChI=1S/C51H36N2/c1-51(2)46-26-13-12-23-42(46)45-31-35(27-30-47(45)51)37-28-29-44(41-22-9-8-20-38(37)41)49-32-48(52-50(53-49)34-16-4-3-5-17-34)43-24-11-10-21-40(43)39-25-14-18-33-15-6-7-19-36(33)39/h3-32H,1-2H3. The molecule has 2 heteroatoms. The Morgan fingerprint density at radius 2 is 0.906 bits per heavy atom. The van der Waals surface area contributed by atoms with Crippen molar-refractivity contribution < 1.29 is 0 Å². The van der Waals surface area contributed by atoms with Crippen LogP contribution < -0.4 is 0 Å². The van der Waals surface area contributed by atoms with Crippen molar-refractivity contribution >= 4 is 21.5 Å². The lowest BCUT2D eigenvalue weighted by Gasteiger charge is -2.21. The Bertz CT molecular complexity index is 2860. The lowest BCUT2D eigenvalue weighted by atomic mass is 9.82. The first kappa shape index (κ1) is 31.1. The Balaban J connectivity index is 1.16. The van der Waals surface area contributed by atoms with Gasteiger partial charge in [-0.25, -0.2) is 9.97 Å². The lowest BCUT2D eigenvalue weighted by molar-refractivity contribution is 0.660. The van der Waals surface area contributed by atoms with E-state index in [-0.39, 0.29) is 5.41 Å². The summed E-state index contributed by atoms with van der Waals surface area (Å²) in [5, 5.41) is 4.81. The van der Waals surface area contributed by atoms with Gasteiger partial charge in [-0.1, -0.05) is 184 Å². The second-order valence-corrected chi connectivity index (χ2v) is 14.5. The molecule has 0 saturated carbocycles. The SMILES string of the molecule is CC1(C)c2ccccc2-c2cc(-c3ccc(-c4cc(-c5ccccc5-c5cccc6ccccc56)nc(-c5ccccc5)n4)c4ccccc34)ccc21. The van der Waals surface area contributed by atoms with Gasteiger partial charge in [-0.05, 0) is 78.2 Å². The monoisotopic (exact) mass is 676 g/mol. The van der Waals surface area contributed by atoms with Crippen LogP contribution in [0.15, 0.2) is 182 Å². The lowest BCUT2D eigenvalue weighted by Crippen LogP contribution is -2.14. The molecule has 250 valence electrons. The van der Waals surface area contributed by atoms with Crippen molar-refractivity contribution in [3.63, 3.8) is 0 Å². The molecule has 53 heavy (non-hydrogen) atoms. The maximum Gasteiger partial charge on any atom is 0.160 e. The van der Waals surface area contributed by atoms with Crippen LogP contribution in [0.5, 0.6) is 0 Å². The molecule has 0 atom stereocenters. The molecule has 1 heterocycles. The van der Waals surface area contributed by atoms with Crippen molar-refractivity contribution in [2.45, 2.75) is 19.3 Å². The number of hydrogen-bond acceptors (Lipinski definition) is 2. The summed E-state index contributed by atoms with van der Waals surface area (Å²) in [6.07, 6.45) is 0. The molecule has 9 aromatic rings. The third kappa shape index (κ3) is 5.10. The first-order valence-electron chi connectivity index (χ1n) is 18.3. The van der Waals surface area contributed by atoms with Crippen LogP contribution in [0.2, 0.25) is 0 Å². The van der Waals surface area contributed by atoms with E-state index in [9.17, 15) is 0 Å². The molecule has 0 spiro atoms. The third-order valence-electron chi connectivity index (χ3n) is 11.1. The number of nitrogens with zero attached hydrogens (tertiary/aromatic N) is 2. The first-order chi connectivity index (χ1) is 26.0. The van der Waals surface area contributed by atoms with Gasteiger partial charge in [0.15, 0.2) is 5.82 Å². The predicted octanol–water partition coefficient (Wildman–Crippen LogP) is 13.4. The van der Waals surface area contributed by atoms with E-state index in [0.717, 1.165) is 39.0 Å². The van der Waals surface area contributed by atoms with E-state index in [4.69, 9.17) is 9.97 Å². The molecule has 2 nitrogen and oxygen atoms in total. The smallest absolute Gasteiger partial charge is 0.160 e. The summed E-state index contributed by atoms with van der Waals surface area (Å²) in [6.45, 7) is 4.67. The molecule has 0 N–H and O–H groups in total. The summed E-state index contributed by atoms with van der Waals surface area (Å²) in [5.41, 5.74) is 15.1. The Labute approximate surface area is 310 Å². The molecule has 0 unspecified atom stereocenters. The molecule has 0 bridgehead atoms. The van der Waals surface area contributed by atoms with Crippen molar-refractivity contribution in [1.82, 2.24) is 9.97 Å². The molecular formula is C51H36N2. The molecule has 0 radical (unpaired) electrons. The zero-order chi connectivity index (χ0) is 35.5. The van der Waals surface area contributed by atoms with E-state index in [2.05, 4.69) is 190 Å². The molecule has 1 aliphatic rings. The summed E-state index contributed by atoms with van der Waals surface area (Å²) in [6, 6.07) is 65.4. The van der Waals surface area contributed by atoms with Crippen molar-refractivity contribution in [1.29, 1.82) is 0 Å². The van der Waals surface area contributed by atoms with Crippen LogP contribution in [-0.4, -0.2) is 9.97 Å². The van der Waals surface area contributed by atoms with Crippen LogP contribution in [0.4, 0.5) is 0 Å². The Hall–Kier alpha value is -6.64. The molecule has 8 aromatic carbocycles. The van der Waals surface area contributed by atoms with Gasteiger partial charge in [-0.2, -0.15) is 0 Å². The van der Waals surface area contributed by atoms with Crippen LogP contribution in [-0.2, 0) is 5.41 Å². The normalized spacial score (nSPS) is 12.9. The Morgan fingerprint density at radius 3 is 1.72 bits per heavy atom. The first-order valence-corrected chi connectivity index (χ1v) is 18.3. The van der Waals surface area contributed by atoms with Gasteiger partial charge in [-0.3, -0.25) is 0 Å². The highest BCUT2D eigenvalue weighted by Crippen LogP contribution is 2.50. The van der Waals surface area contributed by atoms with Gasteiger partial charge in [0.25, 0.3) is 0 Å². The fraction of sp³-hybridized carbons (Fsp3) is 0.0588.